The van der Waals surface area contributed by atoms with Crippen LogP contribution in [0.1, 0.15) is 40.2 Å². The topological polar surface area (TPSA) is 69.0 Å². The molecule has 0 bridgehead atoms. The van der Waals surface area contributed by atoms with Gasteiger partial charge in [0.2, 0.25) is 0 Å². The highest BCUT2D eigenvalue weighted by Crippen LogP contribution is 2.20. The zero-order valence-electron chi connectivity index (χ0n) is 19.3. The van der Waals surface area contributed by atoms with E-state index in [9.17, 15) is 4.79 Å². The highest BCUT2D eigenvalue weighted by Gasteiger charge is 2.11. The minimum absolute atomic E-state index is 0.0970. The summed E-state index contributed by atoms with van der Waals surface area (Å²) < 4.78 is 8.33. The number of hydrogen-bond donors (Lipinski definition) is 1. The van der Waals surface area contributed by atoms with E-state index in [0.717, 1.165) is 54.0 Å². The maximum atomic E-state index is 12.2. The maximum Gasteiger partial charge on any atom is 0.252 e. The molecule has 6 heteroatoms. The molecule has 1 N–H and O–H groups in total. The first-order chi connectivity index (χ1) is 16.1. The number of para-hydroxylation sites is 2. The van der Waals surface area contributed by atoms with E-state index in [-0.39, 0.29) is 5.91 Å². The third kappa shape index (κ3) is 5.77. The number of aryl methyl sites for hydroxylation is 4. The molecule has 0 fully saturated rings. The second kappa shape index (κ2) is 10.8. The van der Waals surface area contributed by atoms with Crippen LogP contribution in [0.5, 0.6) is 5.75 Å². The molecule has 0 saturated carbocycles. The normalized spacial score (nSPS) is 11.0. The molecule has 0 radical (unpaired) electrons. The van der Waals surface area contributed by atoms with E-state index in [4.69, 9.17) is 9.72 Å². The van der Waals surface area contributed by atoms with E-state index in [0.29, 0.717) is 18.7 Å². The van der Waals surface area contributed by atoms with Crippen molar-refractivity contribution in [1.29, 1.82) is 0 Å². The summed E-state index contributed by atoms with van der Waals surface area (Å²) in [5.41, 5.74) is 5.08. The number of benzene rings is 2. The van der Waals surface area contributed by atoms with Crippen LogP contribution in [-0.4, -0.2) is 33.6 Å². The first-order valence-corrected chi connectivity index (χ1v) is 11.4. The van der Waals surface area contributed by atoms with Crippen molar-refractivity contribution in [3.63, 3.8) is 0 Å². The van der Waals surface area contributed by atoms with Gasteiger partial charge < -0.3 is 14.6 Å². The highest BCUT2D eigenvalue weighted by molar-refractivity contribution is 5.93. The first-order valence-electron chi connectivity index (χ1n) is 11.4. The average molecular weight is 443 g/mol. The Morgan fingerprint density at radius 2 is 1.94 bits per heavy atom. The van der Waals surface area contributed by atoms with E-state index in [1.807, 2.05) is 18.2 Å². The number of imidazole rings is 1. The Kier molecular flexibility index (Phi) is 7.35. The molecule has 0 aliphatic heterocycles. The van der Waals surface area contributed by atoms with Gasteiger partial charge in [0.15, 0.2) is 0 Å². The predicted molar refractivity (Wildman–Crippen MR) is 131 cm³/mol. The lowest BCUT2D eigenvalue weighted by molar-refractivity contribution is 0.0952. The van der Waals surface area contributed by atoms with Gasteiger partial charge in [-0.3, -0.25) is 9.78 Å². The summed E-state index contributed by atoms with van der Waals surface area (Å²) in [4.78, 5) is 21.1. The van der Waals surface area contributed by atoms with Crippen molar-refractivity contribution < 1.29 is 9.53 Å². The lowest BCUT2D eigenvalue weighted by Gasteiger charge is -2.12. The summed E-state index contributed by atoms with van der Waals surface area (Å²) in [5.74, 6) is 1.90. The number of pyridine rings is 1. The molecule has 0 saturated heterocycles. The molecule has 1 amide bonds. The number of aromatic nitrogens is 3. The summed E-state index contributed by atoms with van der Waals surface area (Å²) in [6.07, 6.45) is 5.73. The van der Waals surface area contributed by atoms with Gasteiger partial charge in [0.1, 0.15) is 11.6 Å². The van der Waals surface area contributed by atoms with Crippen LogP contribution in [0.4, 0.5) is 0 Å². The van der Waals surface area contributed by atoms with Crippen LogP contribution in [0.3, 0.4) is 0 Å². The fourth-order valence-electron chi connectivity index (χ4n) is 3.88. The van der Waals surface area contributed by atoms with Gasteiger partial charge in [-0.25, -0.2) is 4.98 Å². The Hall–Kier alpha value is -3.67. The molecule has 4 aromatic rings. The SMILES string of the molecule is Cc1ccc(C)c(OCCCn2c(CCCNC(=O)c3cccnc3)nc3ccccc32)c1. The molecule has 33 heavy (non-hydrogen) atoms. The third-order valence-corrected chi connectivity index (χ3v) is 5.65. The third-order valence-electron chi connectivity index (χ3n) is 5.65. The Morgan fingerprint density at radius 3 is 2.79 bits per heavy atom. The lowest BCUT2D eigenvalue weighted by Crippen LogP contribution is -2.25. The van der Waals surface area contributed by atoms with Crippen molar-refractivity contribution in [1.82, 2.24) is 19.9 Å². The largest absolute Gasteiger partial charge is 0.493 e. The van der Waals surface area contributed by atoms with Crippen LogP contribution in [0.2, 0.25) is 0 Å². The van der Waals surface area contributed by atoms with Crippen molar-refractivity contribution >= 4 is 16.9 Å². The van der Waals surface area contributed by atoms with Crippen LogP contribution in [0.25, 0.3) is 11.0 Å². The van der Waals surface area contributed by atoms with Crippen molar-refractivity contribution in [2.45, 2.75) is 39.7 Å². The van der Waals surface area contributed by atoms with Gasteiger partial charge in [0, 0.05) is 31.9 Å². The monoisotopic (exact) mass is 442 g/mol. The summed E-state index contributed by atoms with van der Waals surface area (Å²) in [5, 5.41) is 2.97. The van der Waals surface area contributed by atoms with E-state index in [1.54, 1.807) is 24.5 Å². The Balaban J connectivity index is 1.34. The molecule has 0 aliphatic carbocycles. The molecular formula is C27H30N4O2. The fraction of sp³-hybridized carbons (Fsp3) is 0.296. The van der Waals surface area contributed by atoms with Crippen LogP contribution < -0.4 is 10.1 Å². The number of carbonyl (C=O) groups is 1. The Labute approximate surface area is 194 Å². The molecule has 0 unspecified atom stereocenters. The van der Waals surface area contributed by atoms with Gasteiger partial charge in [-0.1, -0.05) is 24.3 Å². The number of amides is 1. The van der Waals surface area contributed by atoms with Gasteiger partial charge in [-0.2, -0.15) is 0 Å². The van der Waals surface area contributed by atoms with Gasteiger partial charge >= 0.3 is 0 Å². The molecule has 170 valence electrons. The fourth-order valence-corrected chi connectivity index (χ4v) is 3.88. The second-order valence-corrected chi connectivity index (χ2v) is 8.24. The summed E-state index contributed by atoms with van der Waals surface area (Å²) >= 11 is 0. The summed E-state index contributed by atoms with van der Waals surface area (Å²) in [6.45, 7) is 6.23. The molecule has 6 nitrogen and oxygen atoms in total. The number of carbonyl (C=O) groups excluding carboxylic acids is 1. The number of fused-ring (bicyclic) bond motifs is 1. The molecule has 0 atom stereocenters. The van der Waals surface area contributed by atoms with Gasteiger partial charge in [-0.15, -0.1) is 0 Å². The van der Waals surface area contributed by atoms with Crippen LogP contribution in [-0.2, 0) is 13.0 Å². The maximum absolute atomic E-state index is 12.2. The van der Waals surface area contributed by atoms with Crippen molar-refractivity contribution in [2.24, 2.45) is 0 Å². The van der Waals surface area contributed by atoms with Crippen molar-refractivity contribution in [3.05, 3.63) is 89.5 Å². The quantitative estimate of drug-likeness (QED) is 0.356. The smallest absolute Gasteiger partial charge is 0.252 e. The number of rotatable bonds is 10. The van der Waals surface area contributed by atoms with Crippen molar-refractivity contribution in [3.8, 4) is 5.75 Å². The molecule has 4 rings (SSSR count). The van der Waals surface area contributed by atoms with E-state index >= 15 is 0 Å². The Bertz CT molecular complexity index is 1220. The minimum atomic E-state index is -0.0970. The van der Waals surface area contributed by atoms with Crippen molar-refractivity contribution in [2.75, 3.05) is 13.2 Å². The standard InChI is InChI=1S/C27H30N4O2/c1-20-12-13-21(2)25(18-20)33-17-7-16-31-24-10-4-3-9-23(24)30-26(31)11-6-15-29-27(32)22-8-5-14-28-19-22/h3-5,8-10,12-14,18-19H,6-7,11,15-17H2,1-2H3,(H,29,32). The van der Waals surface area contributed by atoms with Gasteiger partial charge in [0.25, 0.3) is 5.91 Å². The molecular weight excluding hydrogens is 412 g/mol. The second-order valence-electron chi connectivity index (χ2n) is 8.24. The van der Waals surface area contributed by atoms with Crippen LogP contribution in [0.15, 0.2) is 67.0 Å². The van der Waals surface area contributed by atoms with Gasteiger partial charge in [-0.05, 0) is 68.1 Å². The number of nitrogens with one attached hydrogen (secondary N) is 1. The molecule has 2 aromatic carbocycles. The van der Waals surface area contributed by atoms with Crippen LogP contribution in [0, 0.1) is 13.8 Å². The number of hydrogen-bond acceptors (Lipinski definition) is 4. The molecule has 0 spiro atoms. The molecule has 2 aromatic heterocycles. The number of ether oxygens (including phenoxy) is 1. The van der Waals surface area contributed by atoms with E-state index in [2.05, 4.69) is 53.0 Å². The Morgan fingerprint density at radius 1 is 1.06 bits per heavy atom. The lowest BCUT2D eigenvalue weighted by atomic mass is 10.1. The van der Waals surface area contributed by atoms with Crippen LogP contribution >= 0.6 is 0 Å². The number of nitrogens with zero attached hydrogens (tertiary/aromatic N) is 3. The van der Waals surface area contributed by atoms with E-state index in [1.165, 1.54) is 5.56 Å². The minimum Gasteiger partial charge on any atom is -0.493 e. The highest BCUT2D eigenvalue weighted by atomic mass is 16.5. The van der Waals surface area contributed by atoms with E-state index < -0.39 is 0 Å². The predicted octanol–water partition coefficient (Wildman–Crippen LogP) is 4.88. The summed E-state index contributed by atoms with van der Waals surface area (Å²) in [7, 11) is 0. The molecule has 0 aliphatic rings. The zero-order valence-corrected chi connectivity index (χ0v) is 19.3. The first kappa shape index (κ1) is 22.5. The summed E-state index contributed by atoms with van der Waals surface area (Å²) in [6, 6.07) is 18.0. The zero-order chi connectivity index (χ0) is 23.0. The van der Waals surface area contributed by atoms with Gasteiger partial charge in [0.05, 0.1) is 23.2 Å². The average Bonchev–Trinajstić information content (AvgIpc) is 3.19. The molecule has 2 heterocycles.